The summed E-state index contributed by atoms with van der Waals surface area (Å²) in [6.45, 7) is 7.57. The van der Waals surface area contributed by atoms with Crippen molar-refractivity contribution >= 4 is 0 Å². The monoisotopic (exact) mass is 440 g/mol. The Morgan fingerprint density at radius 2 is 2.03 bits per heavy atom. The zero-order chi connectivity index (χ0) is 22.5. The summed E-state index contributed by atoms with van der Waals surface area (Å²) in [6.07, 6.45) is 20.2. The standard InChI is InChI=1S/C28H44N2O2/c1-27(2,32)12-10-20(17-30-15-14-29-18-30)25-8-9-26-24-6-4-19-16-21(31)5-7-22(19)23(24)11-13-28(25,26)3/h4,14-15,18,20-26,31-32H,5-13,16-17H2,1-3H3/t20?,21-,22-,23?,24?,25?,26?,28+/m0/s1. The molecule has 4 aliphatic carbocycles. The van der Waals surface area contributed by atoms with Gasteiger partial charge in [-0.2, -0.15) is 0 Å². The molecule has 2 N–H and O–H groups in total. The van der Waals surface area contributed by atoms with Crippen LogP contribution in [0.15, 0.2) is 30.4 Å². The molecule has 0 radical (unpaired) electrons. The van der Waals surface area contributed by atoms with Gasteiger partial charge in [-0.25, -0.2) is 4.98 Å². The first-order valence-corrected chi connectivity index (χ1v) is 13.3. The van der Waals surface area contributed by atoms with Gasteiger partial charge in [-0.3, -0.25) is 0 Å². The molecule has 0 aromatic carbocycles. The summed E-state index contributed by atoms with van der Waals surface area (Å²) in [4.78, 5) is 4.30. The molecule has 4 heteroatoms. The number of imidazole rings is 1. The van der Waals surface area contributed by atoms with Crippen LogP contribution in [0.5, 0.6) is 0 Å². The Labute approximate surface area is 194 Å². The van der Waals surface area contributed by atoms with Crippen LogP contribution in [0.3, 0.4) is 0 Å². The lowest BCUT2D eigenvalue weighted by molar-refractivity contribution is -0.0360. The van der Waals surface area contributed by atoms with Crippen LogP contribution in [0.2, 0.25) is 0 Å². The van der Waals surface area contributed by atoms with Gasteiger partial charge in [-0.15, -0.1) is 0 Å². The third-order valence-corrected chi connectivity index (χ3v) is 10.2. The number of hydrogen-bond donors (Lipinski definition) is 2. The second-order valence-electron chi connectivity index (χ2n) is 12.6. The molecule has 0 amide bonds. The maximum absolute atomic E-state index is 10.5. The molecule has 0 saturated heterocycles. The van der Waals surface area contributed by atoms with E-state index in [-0.39, 0.29) is 6.10 Å². The van der Waals surface area contributed by atoms with Crippen LogP contribution in [0, 0.1) is 40.9 Å². The lowest BCUT2D eigenvalue weighted by atomic mass is 9.51. The molecule has 0 aliphatic heterocycles. The molecule has 3 saturated carbocycles. The van der Waals surface area contributed by atoms with Crippen molar-refractivity contribution in [2.24, 2.45) is 40.9 Å². The minimum absolute atomic E-state index is 0.0986. The molecule has 5 unspecified atom stereocenters. The van der Waals surface area contributed by atoms with Crippen molar-refractivity contribution < 1.29 is 10.2 Å². The highest BCUT2D eigenvalue weighted by Crippen LogP contribution is 2.65. The number of rotatable bonds is 6. The Kier molecular flexibility index (Phi) is 6.07. The summed E-state index contributed by atoms with van der Waals surface area (Å²) in [5, 5.41) is 20.7. The van der Waals surface area contributed by atoms with Crippen LogP contribution >= 0.6 is 0 Å². The van der Waals surface area contributed by atoms with Crippen molar-refractivity contribution in [2.45, 2.75) is 103 Å². The van der Waals surface area contributed by atoms with Gasteiger partial charge in [0.05, 0.1) is 18.0 Å². The van der Waals surface area contributed by atoms with Gasteiger partial charge in [0.25, 0.3) is 0 Å². The first-order chi connectivity index (χ1) is 15.2. The van der Waals surface area contributed by atoms with Crippen molar-refractivity contribution in [3.05, 3.63) is 30.4 Å². The summed E-state index contributed by atoms with van der Waals surface area (Å²) in [5.41, 5.74) is 1.41. The van der Waals surface area contributed by atoms with Crippen LogP contribution in [0.1, 0.15) is 85.0 Å². The normalized spacial score (nSPS) is 40.2. The van der Waals surface area contributed by atoms with Gasteiger partial charge in [-0.05, 0) is 119 Å². The number of allylic oxidation sites excluding steroid dienone is 1. The van der Waals surface area contributed by atoms with E-state index < -0.39 is 5.60 Å². The van der Waals surface area contributed by atoms with Gasteiger partial charge in [0, 0.05) is 18.9 Å². The van der Waals surface area contributed by atoms with Crippen LogP contribution in [0.4, 0.5) is 0 Å². The molecule has 1 heterocycles. The minimum atomic E-state index is -0.597. The fraction of sp³-hybridized carbons (Fsp3) is 0.821. The van der Waals surface area contributed by atoms with Crippen molar-refractivity contribution in [1.82, 2.24) is 9.55 Å². The number of nitrogens with zero attached hydrogens (tertiary/aromatic N) is 2. The lowest BCUT2D eigenvalue weighted by Gasteiger charge is -2.54. The van der Waals surface area contributed by atoms with E-state index in [1.807, 2.05) is 26.4 Å². The molecule has 178 valence electrons. The molecule has 4 aliphatic rings. The molecule has 32 heavy (non-hydrogen) atoms. The Hall–Kier alpha value is -1.13. The van der Waals surface area contributed by atoms with Crippen molar-refractivity contribution in [2.75, 3.05) is 0 Å². The summed E-state index contributed by atoms with van der Waals surface area (Å²) in [6, 6.07) is 0. The fourth-order valence-electron chi connectivity index (χ4n) is 8.69. The second-order valence-corrected chi connectivity index (χ2v) is 12.6. The molecule has 0 spiro atoms. The average molecular weight is 441 g/mol. The predicted molar refractivity (Wildman–Crippen MR) is 128 cm³/mol. The third kappa shape index (κ3) is 4.22. The number of aromatic nitrogens is 2. The molecular weight excluding hydrogens is 396 g/mol. The van der Waals surface area contributed by atoms with E-state index >= 15 is 0 Å². The summed E-state index contributed by atoms with van der Waals surface area (Å²) in [7, 11) is 0. The third-order valence-electron chi connectivity index (χ3n) is 10.2. The topological polar surface area (TPSA) is 58.3 Å². The lowest BCUT2D eigenvalue weighted by Crippen LogP contribution is -2.47. The van der Waals surface area contributed by atoms with E-state index in [1.165, 1.54) is 38.5 Å². The van der Waals surface area contributed by atoms with Gasteiger partial charge in [0.15, 0.2) is 0 Å². The van der Waals surface area contributed by atoms with Crippen LogP contribution < -0.4 is 0 Å². The Balaban J connectivity index is 1.36. The van der Waals surface area contributed by atoms with Gasteiger partial charge < -0.3 is 14.8 Å². The second kappa shape index (κ2) is 8.58. The summed E-state index contributed by atoms with van der Waals surface area (Å²) >= 11 is 0. The zero-order valence-electron chi connectivity index (χ0n) is 20.4. The highest BCUT2D eigenvalue weighted by Gasteiger charge is 2.57. The number of hydrogen-bond acceptors (Lipinski definition) is 3. The van der Waals surface area contributed by atoms with Crippen molar-refractivity contribution in [3.8, 4) is 0 Å². The van der Waals surface area contributed by atoms with Crippen LogP contribution in [0.25, 0.3) is 0 Å². The molecule has 8 atom stereocenters. The molecule has 1 aromatic rings. The Morgan fingerprint density at radius 3 is 2.78 bits per heavy atom. The summed E-state index contributed by atoms with van der Waals surface area (Å²) < 4.78 is 2.26. The van der Waals surface area contributed by atoms with E-state index in [0.717, 1.165) is 61.8 Å². The van der Waals surface area contributed by atoms with Crippen LogP contribution in [-0.2, 0) is 6.54 Å². The molecule has 1 aromatic heterocycles. The molecule has 0 bridgehead atoms. The van der Waals surface area contributed by atoms with Crippen LogP contribution in [-0.4, -0.2) is 31.5 Å². The Bertz CT molecular complexity index is 810. The van der Waals surface area contributed by atoms with E-state index in [2.05, 4.69) is 28.7 Å². The Morgan fingerprint density at radius 1 is 1.19 bits per heavy atom. The maximum Gasteiger partial charge on any atom is 0.0945 e. The smallest absolute Gasteiger partial charge is 0.0945 e. The van der Waals surface area contributed by atoms with E-state index in [0.29, 0.717) is 11.3 Å². The first kappa shape index (κ1) is 22.7. The zero-order valence-corrected chi connectivity index (χ0v) is 20.4. The van der Waals surface area contributed by atoms with Gasteiger partial charge in [0.1, 0.15) is 0 Å². The molecular formula is C28H44N2O2. The number of fused-ring (bicyclic) bond motifs is 5. The predicted octanol–water partition coefficient (Wildman–Crippen LogP) is 5.60. The molecule has 4 nitrogen and oxygen atoms in total. The maximum atomic E-state index is 10.5. The molecule has 5 rings (SSSR count). The quantitative estimate of drug-likeness (QED) is 0.566. The fourth-order valence-corrected chi connectivity index (χ4v) is 8.69. The van der Waals surface area contributed by atoms with E-state index in [9.17, 15) is 10.2 Å². The highest BCUT2D eigenvalue weighted by molar-refractivity contribution is 5.20. The number of aliphatic hydroxyl groups is 2. The molecule has 3 fully saturated rings. The van der Waals surface area contributed by atoms with E-state index in [4.69, 9.17) is 0 Å². The van der Waals surface area contributed by atoms with Gasteiger partial charge in [0.2, 0.25) is 0 Å². The number of aliphatic hydroxyl groups excluding tert-OH is 1. The van der Waals surface area contributed by atoms with Crippen molar-refractivity contribution in [1.29, 1.82) is 0 Å². The average Bonchev–Trinajstić information content (AvgIpc) is 3.37. The van der Waals surface area contributed by atoms with Gasteiger partial charge >= 0.3 is 0 Å². The summed E-state index contributed by atoms with van der Waals surface area (Å²) in [5.74, 6) is 4.60. The largest absolute Gasteiger partial charge is 0.393 e. The SMILES string of the molecule is CC(C)(O)CCC(Cn1ccnc1)C1CCC2C3CC=C4C[C@@H](O)CC[C@@H]4C3CC[C@]12C. The van der Waals surface area contributed by atoms with E-state index in [1.54, 1.807) is 5.57 Å². The highest BCUT2D eigenvalue weighted by atomic mass is 16.3. The first-order valence-electron chi connectivity index (χ1n) is 13.3. The minimum Gasteiger partial charge on any atom is -0.393 e. The van der Waals surface area contributed by atoms with Gasteiger partial charge in [-0.1, -0.05) is 18.6 Å². The van der Waals surface area contributed by atoms with Crippen molar-refractivity contribution in [3.63, 3.8) is 0 Å².